The Bertz CT molecular complexity index is 344. The van der Waals surface area contributed by atoms with Crippen LogP contribution in [-0.4, -0.2) is 62.8 Å². The first kappa shape index (κ1) is 13.4. The van der Waals surface area contributed by atoms with Crippen LogP contribution >= 0.6 is 0 Å². The van der Waals surface area contributed by atoms with E-state index in [-0.39, 0.29) is 13.0 Å². The van der Waals surface area contributed by atoms with E-state index in [9.17, 15) is 19.5 Å². The molecule has 8 heteroatoms. The summed E-state index contributed by atoms with van der Waals surface area (Å²) in [4.78, 5) is 33.9. The lowest BCUT2D eigenvalue weighted by Gasteiger charge is -2.23. The van der Waals surface area contributed by atoms with Crippen LogP contribution < -0.4 is 5.73 Å². The van der Waals surface area contributed by atoms with Crippen LogP contribution in [0.1, 0.15) is 12.8 Å². The van der Waals surface area contributed by atoms with Crippen molar-refractivity contribution in [1.29, 1.82) is 0 Å². The van der Waals surface area contributed by atoms with Gasteiger partial charge in [0.25, 0.3) is 0 Å². The van der Waals surface area contributed by atoms with Crippen LogP contribution in [0, 0.1) is 0 Å². The van der Waals surface area contributed by atoms with E-state index < -0.39 is 42.5 Å². The first-order chi connectivity index (χ1) is 7.82. The number of amides is 1. The van der Waals surface area contributed by atoms with Gasteiger partial charge < -0.3 is 26.0 Å². The molecule has 1 aliphatic heterocycles. The molecule has 96 valence electrons. The molecular weight excluding hydrogens is 232 g/mol. The highest BCUT2D eigenvalue weighted by Crippen LogP contribution is 2.19. The molecule has 0 spiro atoms. The molecule has 0 aromatic heterocycles. The third-order valence-electron chi connectivity index (χ3n) is 2.56. The van der Waals surface area contributed by atoms with Crippen LogP contribution in [0.2, 0.25) is 0 Å². The molecule has 0 aliphatic carbocycles. The van der Waals surface area contributed by atoms with Crippen molar-refractivity contribution in [2.24, 2.45) is 5.73 Å². The summed E-state index contributed by atoms with van der Waals surface area (Å²) in [7, 11) is 0. The highest BCUT2D eigenvalue weighted by Gasteiger charge is 2.40. The van der Waals surface area contributed by atoms with Gasteiger partial charge in [-0.1, -0.05) is 0 Å². The van der Waals surface area contributed by atoms with E-state index >= 15 is 0 Å². The number of rotatable bonds is 4. The van der Waals surface area contributed by atoms with Gasteiger partial charge in [-0.15, -0.1) is 0 Å². The second-order valence-electron chi connectivity index (χ2n) is 3.94. The zero-order valence-electron chi connectivity index (χ0n) is 8.94. The lowest BCUT2D eigenvalue weighted by atomic mass is 10.1. The smallest absolute Gasteiger partial charge is 0.326 e. The van der Waals surface area contributed by atoms with Gasteiger partial charge in [-0.05, 0) is 0 Å². The molecule has 1 fully saturated rings. The van der Waals surface area contributed by atoms with Crippen molar-refractivity contribution in [3.05, 3.63) is 0 Å². The zero-order chi connectivity index (χ0) is 13.2. The van der Waals surface area contributed by atoms with Gasteiger partial charge >= 0.3 is 11.9 Å². The number of carbonyl (C=O) groups excluding carboxylic acids is 1. The van der Waals surface area contributed by atoms with Gasteiger partial charge in [-0.25, -0.2) is 4.79 Å². The average Bonchev–Trinajstić information content (AvgIpc) is 2.58. The Hall–Kier alpha value is -1.67. The van der Waals surface area contributed by atoms with E-state index in [0.717, 1.165) is 4.90 Å². The van der Waals surface area contributed by atoms with Gasteiger partial charge in [-0.3, -0.25) is 9.59 Å². The first-order valence-corrected chi connectivity index (χ1v) is 5.01. The second kappa shape index (κ2) is 5.11. The lowest BCUT2D eigenvalue weighted by Crippen LogP contribution is -2.49. The molecule has 1 saturated heterocycles. The fourth-order valence-electron chi connectivity index (χ4n) is 1.78. The number of aliphatic carboxylic acids is 2. The minimum absolute atomic E-state index is 0.0686. The fourth-order valence-corrected chi connectivity index (χ4v) is 1.78. The molecule has 1 unspecified atom stereocenters. The number of likely N-dealkylation sites (tertiary alicyclic amines) is 1. The van der Waals surface area contributed by atoms with Crippen LogP contribution in [0.5, 0.6) is 0 Å². The van der Waals surface area contributed by atoms with Crippen molar-refractivity contribution in [3.8, 4) is 0 Å². The molecule has 5 N–H and O–H groups in total. The third-order valence-corrected chi connectivity index (χ3v) is 2.56. The van der Waals surface area contributed by atoms with Crippen LogP contribution in [0.25, 0.3) is 0 Å². The molecule has 17 heavy (non-hydrogen) atoms. The van der Waals surface area contributed by atoms with Crippen LogP contribution in [-0.2, 0) is 14.4 Å². The van der Waals surface area contributed by atoms with Crippen LogP contribution in [0.4, 0.5) is 0 Å². The Kier molecular flexibility index (Phi) is 4.02. The maximum absolute atomic E-state index is 11.7. The molecule has 0 saturated carbocycles. The van der Waals surface area contributed by atoms with Crippen LogP contribution in [0.3, 0.4) is 0 Å². The first-order valence-electron chi connectivity index (χ1n) is 5.01. The van der Waals surface area contributed by atoms with Gasteiger partial charge in [0.05, 0.1) is 18.6 Å². The number of carboxylic acid groups (broad SMARTS) is 2. The Morgan fingerprint density at radius 2 is 1.94 bits per heavy atom. The molecule has 3 atom stereocenters. The summed E-state index contributed by atoms with van der Waals surface area (Å²) < 4.78 is 0. The molecule has 1 rings (SSSR count). The number of carbonyl (C=O) groups is 3. The number of nitrogens with zero attached hydrogens (tertiary/aromatic N) is 1. The molecular formula is C9H14N2O6. The van der Waals surface area contributed by atoms with E-state index in [1.165, 1.54) is 0 Å². The Balaban J connectivity index is 2.73. The van der Waals surface area contributed by atoms with Crippen molar-refractivity contribution < 1.29 is 29.7 Å². The molecule has 1 heterocycles. The standard InChI is InChI=1S/C9H14N2O6/c10-5(2-7(13)14)8(15)11-3-4(12)1-6(11)9(16)17/h4-6,12H,1-3,10H2,(H,13,14)(H,16,17)/t4-,5?,6-/m0/s1. The summed E-state index contributed by atoms with van der Waals surface area (Å²) in [5, 5.41) is 26.7. The van der Waals surface area contributed by atoms with Crippen molar-refractivity contribution in [2.45, 2.75) is 31.0 Å². The third kappa shape index (κ3) is 3.14. The highest BCUT2D eigenvalue weighted by atomic mass is 16.4. The summed E-state index contributed by atoms with van der Waals surface area (Å²) in [5.74, 6) is -3.24. The minimum atomic E-state index is -1.29. The van der Waals surface area contributed by atoms with E-state index in [1.54, 1.807) is 0 Å². The molecule has 1 amide bonds. The van der Waals surface area contributed by atoms with Gasteiger partial charge in [-0.2, -0.15) is 0 Å². The maximum atomic E-state index is 11.7. The number of nitrogens with two attached hydrogens (primary N) is 1. The molecule has 8 nitrogen and oxygen atoms in total. The lowest BCUT2D eigenvalue weighted by molar-refractivity contribution is -0.149. The largest absolute Gasteiger partial charge is 0.481 e. The van der Waals surface area contributed by atoms with Crippen molar-refractivity contribution in [3.63, 3.8) is 0 Å². The average molecular weight is 246 g/mol. The van der Waals surface area contributed by atoms with Crippen molar-refractivity contribution in [2.75, 3.05) is 6.54 Å². The summed E-state index contributed by atoms with van der Waals surface area (Å²) in [6.07, 6.45) is -1.56. The van der Waals surface area contributed by atoms with Gasteiger partial charge in [0.15, 0.2) is 0 Å². The summed E-state index contributed by atoms with van der Waals surface area (Å²) in [6, 6.07) is -2.43. The number of hydrogen-bond donors (Lipinski definition) is 4. The zero-order valence-corrected chi connectivity index (χ0v) is 8.94. The molecule has 1 aliphatic rings. The molecule has 0 radical (unpaired) electrons. The topological polar surface area (TPSA) is 141 Å². The summed E-state index contributed by atoms with van der Waals surface area (Å²) in [5.41, 5.74) is 5.36. The normalized spacial score (nSPS) is 25.6. The number of carboxylic acids is 2. The summed E-state index contributed by atoms with van der Waals surface area (Å²) in [6.45, 7) is -0.136. The Morgan fingerprint density at radius 1 is 1.35 bits per heavy atom. The number of aliphatic hydroxyl groups is 1. The number of hydrogen-bond acceptors (Lipinski definition) is 5. The van der Waals surface area contributed by atoms with Crippen LogP contribution in [0.15, 0.2) is 0 Å². The molecule has 0 aromatic carbocycles. The van der Waals surface area contributed by atoms with Gasteiger partial charge in [0, 0.05) is 13.0 Å². The molecule has 0 bridgehead atoms. The second-order valence-corrected chi connectivity index (χ2v) is 3.94. The predicted octanol–water partition coefficient (Wildman–Crippen LogP) is -2.17. The predicted molar refractivity (Wildman–Crippen MR) is 54.0 cm³/mol. The molecule has 0 aromatic rings. The van der Waals surface area contributed by atoms with Gasteiger partial charge in [0.1, 0.15) is 6.04 Å². The minimum Gasteiger partial charge on any atom is -0.481 e. The number of β-amino-alcohol motifs (C(OH)–C–C–N with tert-alkyl or cyclic N) is 1. The van der Waals surface area contributed by atoms with E-state index in [4.69, 9.17) is 15.9 Å². The highest BCUT2D eigenvalue weighted by molar-refractivity contribution is 5.90. The SMILES string of the molecule is NC(CC(=O)O)C(=O)N1C[C@@H](O)C[C@H]1C(=O)O. The maximum Gasteiger partial charge on any atom is 0.326 e. The van der Waals surface area contributed by atoms with E-state index in [0.29, 0.717) is 0 Å². The summed E-state index contributed by atoms with van der Waals surface area (Å²) >= 11 is 0. The Morgan fingerprint density at radius 3 is 2.41 bits per heavy atom. The number of aliphatic hydroxyl groups excluding tert-OH is 1. The monoisotopic (exact) mass is 246 g/mol. The van der Waals surface area contributed by atoms with E-state index in [2.05, 4.69) is 0 Å². The van der Waals surface area contributed by atoms with Gasteiger partial charge in [0.2, 0.25) is 5.91 Å². The van der Waals surface area contributed by atoms with Crippen molar-refractivity contribution >= 4 is 17.8 Å². The van der Waals surface area contributed by atoms with E-state index in [1.807, 2.05) is 0 Å². The Labute approximate surface area is 96.6 Å². The quantitative estimate of drug-likeness (QED) is 0.442. The fraction of sp³-hybridized carbons (Fsp3) is 0.667. The van der Waals surface area contributed by atoms with Crippen molar-refractivity contribution in [1.82, 2.24) is 4.90 Å².